The average Bonchev–Trinajstić information content (AvgIpc) is 2.75. The largest absolute Gasteiger partial charge is 0.480 e. The number of carboxylic acids is 1. The summed E-state index contributed by atoms with van der Waals surface area (Å²) in [7, 11) is 0. The molecule has 1 aromatic heterocycles. The summed E-state index contributed by atoms with van der Waals surface area (Å²) >= 11 is 0. The van der Waals surface area contributed by atoms with Gasteiger partial charge in [0.15, 0.2) is 6.10 Å². The second-order valence-corrected chi connectivity index (χ2v) is 7.36. The summed E-state index contributed by atoms with van der Waals surface area (Å²) in [6, 6.07) is 13.0. The molecule has 0 fully saturated rings. The van der Waals surface area contributed by atoms with Crippen molar-refractivity contribution < 1.29 is 23.8 Å². The Kier molecular flexibility index (Phi) is 6.74. The molecule has 2 atom stereocenters. The molecule has 0 radical (unpaired) electrons. The number of amides is 1. The number of rotatable bonds is 8. The summed E-state index contributed by atoms with van der Waals surface area (Å²) in [5, 5.41) is 12.8. The maximum absolute atomic E-state index is 12.6. The van der Waals surface area contributed by atoms with Gasteiger partial charge in [-0.1, -0.05) is 37.3 Å². The van der Waals surface area contributed by atoms with Crippen LogP contribution in [0.3, 0.4) is 0 Å². The fourth-order valence-electron chi connectivity index (χ4n) is 3.41. The van der Waals surface area contributed by atoms with Crippen LogP contribution in [0.2, 0.25) is 0 Å². The zero-order valence-electron chi connectivity index (χ0n) is 17.7. The van der Waals surface area contributed by atoms with Crippen LogP contribution in [0.15, 0.2) is 57.7 Å². The minimum atomic E-state index is -1.12. The lowest BCUT2D eigenvalue weighted by Gasteiger charge is -2.20. The normalized spacial score (nSPS) is 12.9. The van der Waals surface area contributed by atoms with Gasteiger partial charge in [0.25, 0.3) is 5.91 Å². The minimum Gasteiger partial charge on any atom is -0.480 e. The Morgan fingerprint density at radius 1 is 1.16 bits per heavy atom. The van der Waals surface area contributed by atoms with E-state index in [-0.39, 0.29) is 6.42 Å². The summed E-state index contributed by atoms with van der Waals surface area (Å²) in [6.45, 7) is 5.24. The maximum Gasteiger partial charge on any atom is 0.336 e. The summed E-state index contributed by atoms with van der Waals surface area (Å²) in [4.78, 5) is 36.1. The Morgan fingerprint density at radius 3 is 2.52 bits per heavy atom. The van der Waals surface area contributed by atoms with E-state index in [2.05, 4.69) is 5.32 Å². The van der Waals surface area contributed by atoms with E-state index < -0.39 is 29.6 Å². The highest BCUT2D eigenvalue weighted by atomic mass is 16.5. The Hall–Kier alpha value is -3.61. The van der Waals surface area contributed by atoms with Crippen LogP contribution in [-0.4, -0.2) is 29.1 Å². The number of ether oxygens (including phenoxy) is 1. The Bertz CT molecular complexity index is 1150. The second kappa shape index (κ2) is 9.47. The molecule has 2 unspecified atom stereocenters. The van der Waals surface area contributed by atoms with Crippen molar-refractivity contribution in [1.29, 1.82) is 0 Å². The molecule has 0 aliphatic heterocycles. The highest BCUT2D eigenvalue weighted by Crippen LogP contribution is 2.29. The number of aryl methyl sites for hydroxylation is 2. The van der Waals surface area contributed by atoms with Gasteiger partial charge in [-0.3, -0.25) is 4.79 Å². The van der Waals surface area contributed by atoms with Crippen LogP contribution in [0.5, 0.6) is 5.75 Å². The number of fused-ring (bicyclic) bond motifs is 1. The van der Waals surface area contributed by atoms with Gasteiger partial charge in [-0.2, -0.15) is 0 Å². The lowest BCUT2D eigenvalue weighted by Crippen LogP contribution is -2.47. The Morgan fingerprint density at radius 2 is 1.87 bits per heavy atom. The molecule has 3 rings (SSSR count). The number of hydrogen-bond donors (Lipinski definition) is 2. The fourth-order valence-corrected chi connectivity index (χ4v) is 3.41. The van der Waals surface area contributed by atoms with Crippen molar-refractivity contribution in [2.45, 2.75) is 45.8 Å². The smallest absolute Gasteiger partial charge is 0.336 e. The first kappa shape index (κ1) is 22.1. The van der Waals surface area contributed by atoms with Gasteiger partial charge in [-0.15, -0.1) is 0 Å². The van der Waals surface area contributed by atoms with Crippen LogP contribution in [-0.2, 0) is 22.4 Å². The summed E-state index contributed by atoms with van der Waals surface area (Å²) in [5.41, 5.74) is 2.25. The van der Waals surface area contributed by atoms with Gasteiger partial charge in [0.05, 0.1) is 0 Å². The van der Waals surface area contributed by atoms with E-state index in [9.17, 15) is 19.5 Å². The first-order valence-electron chi connectivity index (χ1n) is 10.1. The molecule has 7 heteroatoms. The molecular weight excluding hydrogens is 398 g/mol. The molecule has 0 saturated heterocycles. The molecule has 0 bridgehead atoms. The van der Waals surface area contributed by atoms with E-state index in [4.69, 9.17) is 9.15 Å². The standard InChI is InChI=1S/C24H25NO6/c1-4-17-13-21(26)31-22-14(2)20(11-10-18(17)22)30-15(3)23(27)25-19(24(28)29)12-16-8-6-5-7-9-16/h5-11,13,15,19H,4,12H2,1-3H3,(H,25,27)(H,28,29). The molecule has 7 nitrogen and oxygen atoms in total. The number of carboxylic acid groups (broad SMARTS) is 1. The quantitative estimate of drug-likeness (QED) is 0.539. The monoisotopic (exact) mass is 423 g/mol. The SMILES string of the molecule is CCc1cc(=O)oc2c(C)c(OC(C)C(=O)NC(Cc3ccccc3)C(=O)O)ccc12. The second-order valence-electron chi connectivity index (χ2n) is 7.36. The zero-order chi connectivity index (χ0) is 22.5. The van der Waals surface area contributed by atoms with Gasteiger partial charge in [0.2, 0.25) is 0 Å². The average molecular weight is 423 g/mol. The Labute approximate surface area is 179 Å². The van der Waals surface area contributed by atoms with Gasteiger partial charge < -0.3 is 19.6 Å². The highest BCUT2D eigenvalue weighted by molar-refractivity contribution is 5.87. The van der Waals surface area contributed by atoms with Gasteiger partial charge in [0.1, 0.15) is 17.4 Å². The number of carbonyl (C=O) groups excluding carboxylic acids is 1. The highest BCUT2D eigenvalue weighted by Gasteiger charge is 2.25. The molecule has 0 spiro atoms. The third kappa shape index (κ3) is 5.12. The summed E-state index contributed by atoms with van der Waals surface area (Å²) in [5.74, 6) is -1.28. The van der Waals surface area contributed by atoms with Crippen LogP contribution >= 0.6 is 0 Å². The maximum atomic E-state index is 12.6. The third-order valence-electron chi connectivity index (χ3n) is 5.15. The van der Waals surface area contributed by atoms with Crippen molar-refractivity contribution in [2.24, 2.45) is 0 Å². The van der Waals surface area contributed by atoms with Crippen molar-refractivity contribution in [1.82, 2.24) is 5.32 Å². The third-order valence-corrected chi connectivity index (χ3v) is 5.15. The van der Waals surface area contributed by atoms with Crippen LogP contribution in [0.25, 0.3) is 11.0 Å². The van der Waals surface area contributed by atoms with E-state index in [1.165, 1.54) is 6.07 Å². The number of aliphatic carboxylic acids is 1. The molecule has 0 aliphatic rings. The number of hydrogen-bond acceptors (Lipinski definition) is 5. The van der Waals surface area contributed by atoms with Crippen LogP contribution in [0.1, 0.15) is 30.5 Å². The molecule has 31 heavy (non-hydrogen) atoms. The molecule has 1 heterocycles. The molecule has 3 aromatic rings. The summed E-state index contributed by atoms with van der Waals surface area (Å²) < 4.78 is 11.2. The number of carbonyl (C=O) groups is 2. The molecule has 2 N–H and O–H groups in total. The van der Waals surface area contributed by atoms with Crippen LogP contribution < -0.4 is 15.7 Å². The minimum absolute atomic E-state index is 0.161. The molecular formula is C24H25NO6. The molecule has 0 aliphatic carbocycles. The zero-order valence-corrected chi connectivity index (χ0v) is 17.7. The van der Waals surface area contributed by atoms with Crippen molar-refractivity contribution in [3.63, 3.8) is 0 Å². The predicted molar refractivity (Wildman–Crippen MR) is 116 cm³/mol. The van der Waals surface area contributed by atoms with E-state index in [1.54, 1.807) is 38.1 Å². The van der Waals surface area contributed by atoms with E-state index in [0.717, 1.165) is 16.5 Å². The van der Waals surface area contributed by atoms with E-state index in [0.29, 0.717) is 23.3 Å². The first-order chi connectivity index (χ1) is 14.8. The predicted octanol–water partition coefficient (Wildman–Crippen LogP) is 3.24. The van der Waals surface area contributed by atoms with E-state index in [1.807, 2.05) is 25.1 Å². The Balaban J connectivity index is 1.77. The van der Waals surface area contributed by atoms with Gasteiger partial charge in [0, 0.05) is 23.4 Å². The van der Waals surface area contributed by atoms with Crippen molar-refractivity contribution in [3.05, 3.63) is 75.6 Å². The molecule has 162 valence electrons. The topological polar surface area (TPSA) is 106 Å². The number of nitrogens with one attached hydrogen (secondary N) is 1. The first-order valence-corrected chi connectivity index (χ1v) is 10.1. The van der Waals surface area contributed by atoms with Gasteiger partial charge in [-0.05, 0) is 43.5 Å². The van der Waals surface area contributed by atoms with Gasteiger partial charge >= 0.3 is 11.6 Å². The molecule has 0 saturated carbocycles. The lowest BCUT2D eigenvalue weighted by atomic mass is 10.0. The van der Waals surface area contributed by atoms with Crippen molar-refractivity contribution in [2.75, 3.05) is 0 Å². The summed E-state index contributed by atoms with van der Waals surface area (Å²) in [6.07, 6.45) is -0.109. The lowest BCUT2D eigenvalue weighted by molar-refractivity contribution is -0.142. The molecule has 2 aromatic carbocycles. The fraction of sp³-hybridized carbons (Fsp3) is 0.292. The van der Waals surface area contributed by atoms with Crippen LogP contribution in [0.4, 0.5) is 0 Å². The van der Waals surface area contributed by atoms with Crippen molar-refractivity contribution in [3.8, 4) is 5.75 Å². The van der Waals surface area contributed by atoms with E-state index >= 15 is 0 Å². The van der Waals surface area contributed by atoms with Crippen LogP contribution in [0, 0.1) is 6.92 Å². The van der Waals surface area contributed by atoms with Gasteiger partial charge in [-0.25, -0.2) is 9.59 Å². The number of benzene rings is 2. The molecule has 1 amide bonds. The van der Waals surface area contributed by atoms with Crippen molar-refractivity contribution >= 4 is 22.8 Å².